The summed E-state index contributed by atoms with van der Waals surface area (Å²) in [4.78, 5) is 37.3. The Balaban J connectivity index is 1.73. The number of carbonyl (C=O) groups excluding carboxylic acids is 2. The quantitative estimate of drug-likeness (QED) is 0.609. The molecule has 28 heavy (non-hydrogen) atoms. The van der Waals surface area contributed by atoms with Crippen molar-refractivity contribution in [2.45, 2.75) is 20.3 Å². The molecule has 2 amide bonds. The smallest absolute Gasteiger partial charge is 0.293 e. The van der Waals surface area contributed by atoms with Crippen LogP contribution >= 0.6 is 0 Å². The highest BCUT2D eigenvalue weighted by molar-refractivity contribution is 6.04. The molecule has 1 fully saturated rings. The molecule has 1 unspecified atom stereocenters. The number of anilines is 2. The van der Waals surface area contributed by atoms with Gasteiger partial charge in [-0.05, 0) is 43.7 Å². The molecule has 0 saturated carbocycles. The second kappa shape index (κ2) is 8.08. The fraction of sp³-hybridized carbons (Fsp3) is 0.300. The summed E-state index contributed by atoms with van der Waals surface area (Å²) in [5.41, 5.74) is 1.28. The van der Waals surface area contributed by atoms with Gasteiger partial charge in [-0.25, -0.2) is 0 Å². The molecular formula is C20H21N3O5. The Morgan fingerprint density at radius 2 is 2.00 bits per heavy atom. The number of hydrogen-bond donors (Lipinski definition) is 1. The van der Waals surface area contributed by atoms with Crippen molar-refractivity contribution < 1.29 is 19.2 Å². The van der Waals surface area contributed by atoms with Crippen LogP contribution in [0.3, 0.4) is 0 Å². The first-order chi connectivity index (χ1) is 13.4. The summed E-state index contributed by atoms with van der Waals surface area (Å²) in [6.45, 7) is 4.35. The molecular weight excluding hydrogens is 362 g/mol. The predicted molar refractivity (Wildman–Crippen MR) is 105 cm³/mol. The highest BCUT2D eigenvalue weighted by Crippen LogP contribution is 2.31. The van der Waals surface area contributed by atoms with Gasteiger partial charge < -0.3 is 15.0 Å². The van der Waals surface area contributed by atoms with E-state index in [-0.39, 0.29) is 30.2 Å². The minimum atomic E-state index is -0.585. The van der Waals surface area contributed by atoms with Crippen LogP contribution in [0.25, 0.3) is 0 Å². The van der Waals surface area contributed by atoms with Gasteiger partial charge in [0.05, 0.1) is 17.4 Å². The first kappa shape index (κ1) is 19.3. The SMILES string of the molecule is CCOc1ccc(N2CC(C(=O)Nc3c(C)cccc3[N+](=O)[O-])CC2=O)cc1. The molecule has 2 aromatic carbocycles. The van der Waals surface area contributed by atoms with Crippen LogP contribution in [0.15, 0.2) is 42.5 Å². The van der Waals surface area contributed by atoms with Crippen molar-refractivity contribution in [2.24, 2.45) is 5.92 Å². The lowest BCUT2D eigenvalue weighted by molar-refractivity contribution is -0.384. The van der Waals surface area contributed by atoms with E-state index in [1.807, 2.05) is 6.92 Å². The Labute approximate surface area is 162 Å². The molecule has 2 aromatic rings. The second-order valence-corrected chi connectivity index (χ2v) is 6.55. The molecule has 0 radical (unpaired) electrons. The number of nitro groups is 1. The van der Waals surface area contributed by atoms with Gasteiger partial charge in [-0.1, -0.05) is 12.1 Å². The summed E-state index contributed by atoms with van der Waals surface area (Å²) in [7, 11) is 0. The average Bonchev–Trinajstić information content (AvgIpc) is 3.06. The number of rotatable bonds is 6. The van der Waals surface area contributed by atoms with Crippen LogP contribution in [0.2, 0.25) is 0 Å². The molecule has 1 heterocycles. The maximum atomic E-state index is 12.7. The fourth-order valence-electron chi connectivity index (χ4n) is 3.21. The molecule has 3 rings (SSSR count). The van der Waals surface area contributed by atoms with E-state index in [1.54, 1.807) is 48.2 Å². The first-order valence-electron chi connectivity index (χ1n) is 8.98. The van der Waals surface area contributed by atoms with Gasteiger partial charge in [-0.3, -0.25) is 19.7 Å². The molecule has 0 bridgehead atoms. The Kier molecular flexibility index (Phi) is 5.58. The van der Waals surface area contributed by atoms with Gasteiger partial charge in [0.1, 0.15) is 11.4 Å². The van der Waals surface area contributed by atoms with Gasteiger partial charge >= 0.3 is 0 Å². The largest absolute Gasteiger partial charge is 0.494 e. The molecule has 0 aromatic heterocycles. The normalized spacial score (nSPS) is 16.1. The van der Waals surface area contributed by atoms with Crippen molar-refractivity contribution in [1.82, 2.24) is 0 Å². The Bertz CT molecular complexity index is 911. The van der Waals surface area contributed by atoms with E-state index < -0.39 is 16.7 Å². The van der Waals surface area contributed by atoms with Gasteiger partial charge in [0.2, 0.25) is 11.8 Å². The molecule has 1 saturated heterocycles. The number of nitro benzene ring substituents is 1. The third kappa shape index (κ3) is 3.95. The minimum Gasteiger partial charge on any atom is -0.494 e. The average molecular weight is 383 g/mol. The van der Waals surface area contributed by atoms with Crippen LogP contribution in [-0.4, -0.2) is 29.9 Å². The Morgan fingerprint density at radius 3 is 2.64 bits per heavy atom. The maximum Gasteiger partial charge on any atom is 0.293 e. The van der Waals surface area contributed by atoms with E-state index in [9.17, 15) is 19.7 Å². The van der Waals surface area contributed by atoms with Crippen molar-refractivity contribution in [3.8, 4) is 5.75 Å². The van der Waals surface area contributed by atoms with Gasteiger partial charge in [0, 0.05) is 24.7 Å². The van der Waals surface area contributed by atoms with E-state index in [1.165, 1.54) is 6.07 Å². The van der Waals surface area contributed by atoms with E-state index in [0.717, 1.165) is 0 Å². The van der Waals surface area contributed by atoms with Crippen molar-refractivity contribution in [3.63, 3.8) is 0 Å². The number of nitrogens with one attached hydrogen (secondary N) is 1. The summed E-state index contributed by atoms with van der Waals surface area (Å²) in [5.74, 6) is -0.444. The van der Waals surface area contributed by atoms with Gasteiger partial charge in [0.15, 0.2) is 0 Å². The van der Waals surface area contributed by atoms with Crippen LogP contribution in [0, 0.1) is 23.0 Å². The third-order valence-electron chi connectivity index (χ3n) is 4.65. The zero-order valence-electron chi connectivity index (χ0n) is 15.7. The zero-order valence-corrected chi connectivity index (χ0v) is 15.7. The number of hydrogen-bond acceptors (Lipinski definition) is 5. The lowest BCUT2D eigenvalue weighted by Crippen LogP contribution is -2.28. The topological polar surface area (TPSA) is 102 Å². The Morgan fingerprint density at radius 1 is 1.29 bits per heavy atom. The predicted octanol–water partition coefficient (Wildman–Crippen LogP) is 3.29. The number of para-hydroxylation sites is 1. The van der Waals surface area contributed by atoms with E-state index in [2.05, 4.69) is 5.32 Å². The molecule has 8 nitrogen and oxygen atoms in total. The molecule has 1 N–H and O–H groups in total. The third-order valence-corrected chi connectivity index (χ3v) is 4.65. The molecule has 1 aliphatic rings. The number of ether oxygens (including phenoxy) is 1. The number of aryl methyl sites for hydroxylation is 1. The van der Waals surface area contributed by atoms with Gasteiger partial charge in [-0.15, -0.1) is 0 Å². The summed E-state index contributed by atoms with van der Waals surface area (Å²) < 4.78 is 5.40. The zero-order chi connectivity index (χ0) is 20.3. The summed E-state index contributed by atoms with van der Waals surface area (Å²) in [6.07, 6.45) is 0.0543. The lowest BCUT2D eigenvalue weighted by Gasteiger charge is -2.17. The minimum absolute atomic E-state index is 0.0543. The maximum absolute atomic E-state index is 12.7. The first-order valence-corrected chi connectivity index (χ1v) is 8.98. The number of amides is 2. The van der Waals surface area contributed by atoms with Gasteiger partial charge in [-0.2, -0.15) is 0 Å². The Hall–Kier alpha value is -3.42. The molecule has 1 atom stereocenters. The monoisotopic (exact) mass is 383 g/mol. The van der Waals surface area contributed by atoms with Crippen LogP contribution in [0.4, 0.5) is 17.1 Å². The second-order valence-electron chi connectivity index (χ2n) is 6.55. The highest BCUT2D eigenvalue weighted by Gasteiger charge is 2.36. The van der Waals surface area contributed by atoms with Crippen molar-refractivity contribution >= 4 is 28.9 Å². The summed E-state index contributed by atoms with van der Waals surface area (Å²) in [6, 6.07) is 11.7. The van der Waals surface area contributed by atoms with Crippen LogP contribution in [-0.2, 0) is 9.59 Å². The molecule has 0 aliphatic carbocycles. The van der Waals surface area contributed by atoms with Crippen LogP contribution in [0.1, 0.15) is 18.9 Å². The molecule has 146 valence electrons. The standard InChI is InChI=1S/C20H21N3O5/c1-3-28-16-9-7-15(8-10-16)22-12-14(11-18(22)24)20(25)21-19-13(2)5-4-6-17(19)23(26)27/h4-10,14H,3,11-12H2,1-2H3,(H,21,25). The number of nitrogens with zero attached hydrogens (tertiary/aromatic N) is 2. The number of benzene rings is 2. The summed E-state index contributed by atoms with van der Waals surface area (Å²) >= 11 is 0. The van der Waals surface area contributed by atoms with Crippen molar-refractivity contribution in [2.75, 3.05) is 23.4 Å². The lowest BCUT2D eigenvalue weighted by atomic mass is 10.1. The van der Waals surface area contributed by atoms with Crippen molar-refractivity contribution in [3.05, 3.63) is 58.1 Å². The summed E-state index contributed by atoms with van der Waals surface area (Å²) in [5, 5.41) is 13.9. The molecule has 1 aliphatic heterocycles. The van der Waals surface area contributed by atoms with E-state index in [4.69, 9.17) is 4.74 Å². The van der Waals surface area contributed by atoms with E-state index in [0.29, 0.717) is 23.6 Å². The molecule has 0 spiro atoms. The van der Waals surface area contributed by atoms with Crippen LogP contribution < -0.4 is 15.0 Å². The van der Waals surface area contributed by atoms with E-state index >= 15 is 0 Å². The number of carbonyl (C=O) groups is 2. The van der Waals surface area contributed by atoms with Crippen molar-refractivity contribution in [1.29, 1.82) is 0 Å². The van der Waals surface area contributed by atoms with Gasteiger partial charge in [0.25, 0.3) is 5.69 Å². The highest BCUT2D eigenvalue weighted by atomic mass is 16.6. The molecule has 8 heteroatoms. The van der Waals surface area contributed by atoms with Crippen LogP contribution in [0.5, 0.6) is 5.75 Å². The fourth-order valence-corrected chi connectivity index (χ4v) is 3.21.